The quantitative estimate of drug-likeness (QED) is 0.465. The molecule has 6 nitrogen and oxygen atoms in total. The van der Waals surface area contributed by atoms with Crippen LogP contribution in [0, 0.1) is 12.3 Å². The van der Waals surface area contributed by atoms with Crippen LogP contribution in [0.25, 0.3) is 0 Å². The molecule has 0 fully saturated rings. The Morgan fingerprint density at radius 2 is 2.17 bits per heavy atom. The van der Waals surface area contributed by atoms with Gasteiger partial charge in [0.05, 0.1) is 24.6 Å². The molecule has 0 aliphatic rings. The summed E-state index contributed by atoms with van der Waals surface area (Å²) in [6, 6.07) is 11.7. The Morgan fingerprint density at radius 1 is 1.33 bits per heavy atom. The molecule has 0 aliphatic carbocycles. The first kappa shape index (κ1) is 16.9. The second kappa shape index (κ2) is 8.25. The van der Waals surface area contributed by atoms with E-state index in [0.29, 0.717) is 17.2 Å². The molecule has 0 radical (unpaired) electrons. The van der Waals surface area contributed by atoms with Gasteiger partial charge in [0.25, 0.3) is 0 Å². The number of nitrogens with zero attached hydrogens (tertiary/aromatic N) is 1. The van der Waals surface area contributed by atoms with Gasteiger partial charge in [-0.25, -0.2) is 4.79 Å². The van der Waals surface area contributed by atoms with Gasteiger partial charge in [-0.3, -0.25) is 5.43 Å². The molecule has 2 N–H and O–H groups in total. The first-order chi connectivity index (χ1) is 11.6. The van der Waals surface area contributed by atoms with Gasteiger partial charge in [-0.1, -0.05) is 12.0 Å². The van der Waals surface area contributed by atoms with Crippen LogP contribution in [0.1, 0.15) is 15.9 Å². The Balaban J connectivity index is 2.08. The molecule has 0 spiro atoms. The molecule has 24 heavy (non-hydrogen) atoms. The molecule has 0 bridgehead atoms. The molecule has 0 aliphatic heterocycles. The van der Waals surface area contributed by atoms with E-state index in [4.69, 9.17) is 21.0 Å². The van der Waals surface area contributed by atoms with Crippen LogP contribution >= 0.6 is 0 Å². The predicted molar refractivity (Wildman–Crippen MR) is 91.9 cm³/mol. The summed E-state index contributed by atoms with van der Waals surface area (Å²) in [5.74, 6) is 2.49. The first-order valence-corrected chi connectivity index (χ1v) is 7.01. The number of rotatable bonds is 7. The number of hydrazone groups is 1. The van der Waals surface area contributed by atoms with E-state index >= 15 is 0 Å². The molecule has 0 atom stereocenters. The Bertz CT molecular complexity index is 794. The van der Waals surface area contributed by atoms with Crippen molar-refractivity contribution < 1.29 is 19.4 Å². The maximum absolute atomic E-state index is 10.9. The van der Waals surface area contributed by atoms with Crippen molar-refractivity contribution >= 4 is 17.9 Å². The number of carbonyl (C=O) groups is 1. The summed E-state index contributed by atoms with van der Waals surface area (Å²) in [7, 11) is 1.54. The van der Waals surface area contributed by atoms with Crippen molar-refractivity contribution in [1.82, 2.24) is 0 Å². The van der Waals surface area contributed by atoms with Gasteiger partial charge in [-0.15, -0.1) is 6.42 Å². The van der Waals surface area contributed by atoms with Crippen molar-refractivity contribution in [3.05, 3.63) is 53.6 Å². The van der Waals surface area contributed by atoms with Gasteiger partial charge < -0.3 is 14.6 Å². The molecular weight excluding hydrogens is 308 g/mol. The summed E-state index contributed by atoms with van der Waals surface area (Å²) < 4.78 is 10.6. The third-order valence-electron chi connectivity index (χ3n) is 3.02. The highest BCUT2D eigenvalue weighted by molar-refractivity contribution is 5.89. The van der Waals surface area contributed by atoms with E-state index in [-0.39, 0.29) is 12.2 Å². The van der Waals surface area contributed by atoms with Crippen LogP contribution in [0.4, 0.5) is 5.69 Å². The lowest BCUT2D eigenvalue weighted by atomic mass is 10.2. The summed E-state index contributed by atoms with van der Waals surface area (Å²) in [6.07, 6.45) is 6.75. The first-order valence-electron chi connectivity index (χ1n) is 7.01. The number of carboxylic acids is 1. The van der Waals surface area contributed by atoms with Crippen LogP contribution < -0.4 is 14.9 Å². The van der Waals surface area contributed by atoms with Crippen molar-refractivity contribution in [3.8, 4) is 23.8 Å². The molecule has 2 rings (SSSR count). The number of hydrogen-bond acceptors (Lipinski definition) is 5. The summed E-state index contributed by atoms with van der Waals surface area (Å²) in [5.41, 5.74) is 4.32. The smallest absolute Gasteiger partial charge is 0.335 e. The van der Waals surface area contributed by atoms with Gasteiger partial charge in [0, 0.05) is 0 Å². The highest BCUT2D eigenvalue weighted by Crippen LogP contribution is 2.27. The fourth-order valence-electron chi connectivity index (χ4n) is 1.91. The van der Waals surface area contributed by atoms with E-state index in [9.17, 15) is 4.79 Å². The number of aromatic carboxylic acids is 1. The largest absolute Gasteiger partial charge is 0.493 e. The summed E-state index contributed by atoms with van der Waals surface area (Å²) >= 11 is 0. The maximum atomic E-state index is 10.9. The molecule has 2 aromatic rings. The Hall–Kier alpha value is -3.46. The van der Waals surface area contributed by atoms with Crippen molar-refractivity contribution in [3.63, 3.8) is 0 Å². The molecule has 0 saturated heterocycles. The molecule has 6 heteroatoms. The standard InChI is InChI=1S/C18H16N2O4/c1-3-9-24-16-8-7-13(10-17(16)23-2)12-19-20-15-6-4-5-14(11-15)18(21)22/h1,4-8,10-12,20H,9H2,2H3,(H,21,22). The van der Waals surface area contributed by atoms with Gasteiger partial charge in [0.2, 0.25) is 0 Å². The Kier molecular flexibility index (Phi) is 5.81. The lowest BCUT2D eigenvalue weighted by Crippen LogP contribution is -1.99. The number of nitrogens with one attached hydrogen (secondary N) is 1. The average molecular weight is 324 g/mol. The van der Waals surface area contributed by atoms with Gasteiger partial charge in [-0.05, 0) is 42.0 Å². The third-order valence-corrected chi connectivity index (χ3v) is 3.02. The van der Waals surface area contributed by atoms with Gasteiger partial charge in [-0.2, -0.15) is 5.10 Å². The fraction of sp³-hybridized carbons (Fsp3) is 0.111. The van der Waals surface area contributed by atoms with E-state index < -0.39 is 5.97 Å². The SMILES string of the molecule is C#CCOc1ccc(C=NNc2cccc(C(=O)O)c2)cc1OC. The van der Waals surface area contributed by atoms with E-state index in [1.165, 1.54) is 19.2 Å². The summed E-state index contributed by atoms with van der Waals surface area (Å²) in [4.78, 5) is 10.9. The third kappa shape index (κ3) is 4.52. The number of carboxylic acid groups (broad SMARTS) is 1. The predicted octanol–water partition coefficient (Wildman–Crippen LogP) is 2.85. The van der Waals surface area contributed by atoms with Gasteiger partial charge in [0.1, 0.15) is 6.61 Å². The zero-order valence-corrected chi connectivity index (χ0v) is 13.0. The van der Waals surface area contributed by atoms with E-state index in [0.717, 1.165) is 5.56 Å². The highest BCUT2D eigenvalue weighted by Gasteiger charge is 2.05. The minimum absolute atomic E-state index is 0.158. The summed E-state index contributed by atoms with van der Waals surface area (Å²) in [5, 5.41) is 13.0. The van der Waals surface area contributed by atoms with Crippen molar-refractivity contribution in [2.24, 2.45) is 5.10 Å². The molecule has 0 saturated carbocycles. The number of anilines is 1. The zero-order chi connectivity index (χ0) is 17.4. The van der Waals surface area contributed by atoms with Crippen LogP contribution in [0.15, 0.2) is 47.6 Å². The average Bonchev–Trinajstić information content (AvgIpc) is 2.60. The minimum Gasteiger partial charge on any atom is -0.493 e. The van der Waals surface area contributed by atoms with Crippen molar-refractivity contribution in [1.29, 1.82) is 0 Å². The summed E-state index contributed by atoms with van der Waals surface area (Å²) in [6.45, 7) is 0.158. The minimum atomic E-state index is -0.991. The molecular formula is C18H16N2O4. The van der Waals surface area contributed by atoms with Crippen LogP contribution in [0.5, 0.6) is 11.5 Å². The van der Waals surface area contributed by atoms with E-state index in [1.54, 1.807) is 36.5 Å². The number of ether oxygens (including phenoxy) is 2. The lowest BCUT2D eigenvalue weighted by molar-refractivity contribution is 0.0697. The van der Waals surface area contributed by atoms with Crippen molar-refractivity contribution in [2.75, 3.05) is 19.1 Å². The second-order valence-corrected chi connectivity index (χ2v) is 4.66. The Morgan fingerprint density at radius 3 is 2.88 bits per heavy atom. The monoisotopic (exact) mass is 324 g/mol. The van der Waals surface area contributed by atoms with Gasteiger partial charge >= 0.3 is 5.97 Å². The Labute approximate surface area is 139 Å². The highest BCUT2D eigenvalue weighted by atomic mass is 16.5. The molecule has 0 amide bonds. The number of methoxy groups -OCH3 is 1. The van der Waals surface area contributed by atoms with E-state index in [1.807, 2.05) is 0 Å². The van der Waals surface area contributed by atoms with Gasteiger partial charge in [0.15, 0.2) is 11.5 Å². The van der Waals surface area contributed by atoms with Crippen LogP contribution in [-0.4, -0.2) is 31.0 Å². The molecule has 122 valence electrons. The molecule has 2 aromatic carbocycles. The van der Waals surface area contributed by atoms with Crippen LogP contribution in [-0.2, 0) is 0 Å². The number of hydrogen-bond donors (Lipinski definition) is 2. The zero-order valence-electron chi connectivity index (χ0n) is 13.0. The number of terminal acetylenes is 1. The number of benzene rings is 2. The topological polar surface area (TPSA) is 80.2 Å². The maximum Gasteiger partial charge on any atom is 0.335 e. The van der Waals surface area contributed by atoms with Crippen LogP contribution in [0.2, 0.25) is 0 Å². The van der Waals surface area contributed by atoms with Crippen LogP contribution in [0.3, 0.4) is 0 Å². The van der Waals surface area contributed by atoms with Crippen molar-refractivity contribution in [2.45, 2.75) is 0 Å². The normalized spacial score (nSPS) is 10.2. The fourth-order valence-corrected chi connectivity index (χ4v) is 1.91. The lowest BCUT2D eigenvalue weighted by Gasteiger charge is -2.09. The molecule has 0 unspecified atom stereocenters. The second-order valence-electron chi connectivity index (χ2n) is 4.66. The molecule has 0 aromatic heterocycles. The van der Waals surface area contributed by atoms with E-state index in [2.05, 4.69) is 16.4 Å². The molecule has 0 heterocycles.